The number of aromatic nitrogens is 1. The van der Waals surface area contributed by atoms with Crippen LogP contribution in [0.15, 0.2) is 47.6 Å². The van der Waals surface area contributed by atoms with Crippen LogP contribution in [0.5, 0.6) is 0 Å². The van der Waals surface area contributed by atoms with E-state index in [0.29, 0.717) is 12.1 Å². The van der Waals surface area contributed by atoms with Crippen LogP contribution in [0.1, 0.15) is 11.1 Å². The number of carbonyl (C=O) groups is 1. The molecule has 20 heavy (non-hydrogen) atoms. The Kier molecular flexibility index (Phi) is 5.01. The first-order valence-corrected chi connectivity index (χ1v) is 7.15. The number of nitrogens with two attached hydrogens (primary N) is 1. The van der Waals surface area contributed by atoms with Gasteiger partial charge in [0.2, 0.25) is 0 Å². The molecule has 1 heterocycles. The lowest BCUT2D eigenvalue weighted by Crippen LogP contribution is -2.06. The van der Waals surface area contributed by atoms with Crippen molar-refractivity contribution in [2.24, 2.45) is 0 Å². The van der Waals surface area contributed by atoms with Gasteiger partial charge in [-0.1, -0.05) is 24.3 Å². The molecule has 1 aromatic heterocycles. The second-order valence-corrected chi connectivity index (χ2v) is 5.24. The molecule has 0 aliphatic rings. The van der Waals surface area contributed by atoms with Gasteiger partial charge in [-0.3, -0.25) is 4.79 Å². The summed E-state index contributed by atoms with van der Waals surface area (Å²) in [6.07, 6.45) is 1.94. The third-order valence-electron chi connectivity index (χ3n) is 2.82. The minimum absolute atomic E-state index is 0.229. The summed E-state index contributed by atoms with van der Waals surface area (Å²) in [7, 11) is 1.40. The van der Waals surface area contributed by atoms with E-state index < -0.39 is 0 Å². The number of nitrogen functional groups attached to an aromatic ring is 1. The van der Waals surface area contributed by atoms with Gasteiger partial charge in [0.1, 0.15) is 0 Å². The topological polar surface area (TPSA) is 65.2 Å². The Morgan fingerprint density at radius 1 is 1.25 bits per heavy atom. The van der Waals surface area contributed by atoms with Crippen molar-refractivity contribution < 1.29 is 9.53 Å². The van der Waals surface area contributed by atoms with Crippen molar-refractivity contribution in [2.75, 3.05) is 12.8 Å². The lowest BCUT2D eigenvalue weighted by Gasteiger charge is -2.08. The molecule has 0 fully saturated rings. The maximum Gasteiger partial charge on any atom is 0.309 e. The number of nitrogens with zero attached hydrogens (tertiary/aromatic N) is 1. The van der Waals surface area contributed by atoms with Gasteiger partial charge in [0, 0.05) is 5.75 Å². The van der Waals surface area contributed by atoms with E-state index in [1.165, 1.54) is 7.11 Å². The number of benzene rings is 1. The number of hydrogen-bond donors (Lipinski definition) is 1. The van der Waals surface area contributed by atoms with Gasteiger partial charge >= 0.3 is 5.97 Å². The SMILES string of the molecule is COC(=O)Cc1ccccc1CSc1ccc(N)cn1. The van der Waals surface area contributed by atoms with Gasteiger partial charge in [0.15, 0.2) is 0 Å². The molecule has 0 aliphatic carbocycles. The first kappa shape index (κ1) is 14.4. The van der Waals surface area contributed by atoms with E-state index in [1.807, 2.05) is 36.4 Å². The largest absolute Gasteiger partial charge is 0.469 e. The average Bonchev–Trinajstić information content (AvgIpc) is 2.48. The van der Waals surface area contributed by atoms with E-state index in [1.54, 1.807) is 18.0 Å². The average molecular weight is 288 g/mol. The number of carbonyl (C=O) groups excluding carboxylic acids is 1. The molecule has 0 bridgehead atoms. The quantitative estimate of drug-likeness (QED) is 0.677. The van der Waals surface area contributed by atoms with Gasteiger partial charge in [0.05, 0.1) is 30.4 Å². The Morgan fingerprint density at radius 2 is 2.00 bits per heavy atom. The number of methoxy groups -OCH3 is 1. The van der Waals surface area contributed by atoms with E-state index in [2.05, 4.69) is 4.98 Å². The molecule has 0 spiro atoms. The summed E-state index contributed by atoms with van der Waals surface area (Å²) in [6.45, 7) is 0. The summed E-state index contributed by atoms with van der Waals surface area (Å²) in [5.74, 6) is 0.525. The standard InChI is InChI=1S/C15H16N2O2S/c1-19-15(18)8-11-4-2-3-5-12(11)10-20-14-7-6-13(16)9-17-14/h2-7,9H,8,10,16H2,1H3. The third-order valence-corrected chi connectivity index (χ3v) is 3.81. The predicted molar refractivity (Wildman–Crippen MR) is 80.4 cm³/mol. The molecule has 0 radical (unpaired) electrons. The first-order chi connectivity index (χ1) is 9.69. The Bertz CT molecular complexity index is 585. The van der Waals surface area contributed by atoms with Crippen LogP contribution in [0.25, 0.3) is 0 Å². The third kappa shape index (κ3) is 3.99. The molecule has 0 saturated carbocycles. The summed E-state index contributed by atoms with van der Waals surface area (Å²) in [6, 6.07) is 11.6. The Balaban J connectivity index is 2.05. The van der Waals surface area contributed by atoms with Crippen LogP contribution in [-0.2, 0) is 21.7 Å². The van der Waals surface area contributed by atoms with Gasteiger partial charge in [-0.05, 0) is 23.3 Å². The lowest BCUT2D eigenvalue weighted by molar-refractivity contribution is -0.139. The van der Waals surface area contributed by atoms with Crippen LogP contribution in [-0.4, -0.2) is 18.1 Å². The van der Waals surface area contributed by atoms with Crippen molar-refractivity contribution in [3.8, 4) is 0 Å². The Hall–Kier alpha value is -2.01. The smallest absolute Gasteiger partial charge is 0.309 e. The summed E-state index contributed by atoms with van der Waals surface area (Å²) in [4.78, 5) is 15.6. The molecular formula is C15H16N2O2S. The molecule has 0 saturated heterocycles. The highest BCUT2D eigenvalue weighted by atomic mass is 32.2. The molecule has 4 nitrogen and oxygen atoms in total. The second kappa shape index (κ2) is 6.96. The summed E-state index contributed by atoms with van der Waals surface area (Å²) in [5.41, 5.74) is 8.36. The zero-order valence-corrected chi connectivity index (χ0v) is 12.0. The van der Waals surface area contributed by atoms with Gasteiger partial charge in [0.25, 0.3) is 0 Å². The molecule has 0 amide bonds. The monoisotopic (exact) mass is 288 g/mol. The van der Waals surface area contributed by atoms with Crippen LogP contribution in [0.4, 0.5) is 5.69 Å². The van der Waals surface area contributed by atoms with Gasteiger partial charge in [-0.25, -0.2) is 4.98 Å². The molecule has 1 aromatic carbocycles. The van der Waals surface area contributed by atoms with E-state index in [4.69, 9.17) is 10.5 Å². The summed E-state index contributed by atoms with van der Waals surface area (Å²) in [5, 5.41) is 0.909. The maximum atomic E-state index is 11.4. The number of ether oxygens (including phenoxy) is 1. The highest BCUT2D eigenvalue weighted by Crippen LogP contribution is 2.23. The fraction of sp³-hybridized carbons (Fsp3) is 0.200. The number of esters is 1. The van der Waals surface area contributed by atoms with Gasteiger partial charge in [-0.15, -0.1) is 11.8 Å². The minimum Gasteiger partial charge on any atom is -0.469 e. The van der Waals surface area contributed by atoms with Gasteiger partial charge < -0.3 is 10.5 Å². The molecule has 2 rings (SSSR count). The molecule has 0 atom stereocenters. The second-order valence-electron chi connectivity index (χ2n) is 4.24. The molecule has 0 aliphatic heterocycles. The Morgan fingerprint density at radius 3 is 2.65 bits per heavy atom. The van der Waals surface area contributed by atoms with Crippen molar-refractivity contribution in [1.29, 1.82) is 0 Å². The van der Waals surface area contributed by atoms with Crippen LogP contribution in [0.2, 0.25) is 0 Å². The van der Waals surface area contributed by atoms with Crippen molar-refractivity contribution in [2.45, 2.75) is 17.2 Å². The van der Waals surface area contributed by atoms with Crippen molar-refractivity contribution in [3.05, 3.63) is 53.7 Å². The molecule has 2 aromatic rings. The number of pyridine rings is 1. The minimum atomic E-state index is -0.229. The summed E-state index contributed by atoms with van der Waals surface area (Å²) < 4.78 is 4.71. The molecule has 0 unspecified atom stereocenters. The predicted octanol–water partition coefficient (Wildman–Crippen LogP) is 2.67. The van der Waals surface area contributed by atoms with Crippen LogP contribution >= 0.6 is 11.8 Å². The van der Waals surface area contributed by atoms with Crippen molar-refractivity contribution in [1.82, 2.24) is 4.98 Å². The number of rotatable bonds is 5. The molecule has 5 heteroatoms. The van der Waals surface area contributed by atoms with E-state index in [0.717, 1.165) is 21.9 Å². The van der Waals surface area contributed by atoms with Crippen molar-refractivity contribution in [3.63, 3.8) is 0 Å². The number of hydrogen-bond acceptors (Lipinski definition) is 5. The summed E-state index contributed by atoms with van der Waals surface area (Å²) >= 11 is 1.61. The zero-order valence-electron chi connectivity index (χ0n) is 11.2. The fourth-order valence-corrected chi connectivity index (χ4v) is 2.60. The number of thioether (sulfide) groups is 1. The van der Waals surface area contributed by atoms with Gasteiger partial charge in [-0.2, -0.15) is 0 Å². The molecule has 104 valence electrons. The van der Waals surface area contributed by atoms with E-state index >= 15 is 0 Å². The highest BCUT2D eigenvalue weighted by molar-refractivity contribution is 7.98. The lowest BCUT2D eigenvalue weighted by atomic mass is 10.1. The maximum absolute atomic E-state index is 11.4. The van der Waals surface area contributed by atoms with Crippen LogP contribution in [0.3, 0.4) is 0 Å². The van der Waals surface area contributed by atoms with Crippen LogP contribution in [0, 0.1) is 0 Å². The van der Waals surface area contributed by atoms with Crippen LogP contribution < -0.4 is 5.73 Å². The number of anilines is 1. The van der Waals surface area contributed by atoms with E-state index in [9.17, 15) is 4.79 Å². The fourth-order valence-electron chi connectivity index (χ4n) is 1.73. The molecule has 2 N–H and O–H groups in total. The first-order valence-electron chi connectivity index (χ1n) is 6.17. The normalized spacial score (nSPS) is 10.2. The highest BCUT2D eigenvalue weighted by Gasteiger charge is 2.08. The Labute approximate surface area is 122 Å². The van der Waals surface area contributed by atoms with E-state index in [-0.39, 0.29) is 5.97 Å². The van der Waals surface area contributed by atoms with Crippen molar-refractivity contribution >= 4 is 23.4 Å². The zero-order chi connectivity index (χ0) is 14.4. The molecular weight excluding hydrogens is 272 g/mol.